The summed E-state index contributed by atoms with van der Waals surface area (Å²) in [6, 6.07) is 0. The summed E-state index contributed by atoms with van der Waals surface area (Å²) in [5, 5.41) is 18.5. The van der Waals surface area contributed by atoms with Gasteiger partial charge in [-0.15, -0.1) is 11.3 Å². The van der Waals surface area contributed by atoms with Crippen molar-refractivity contribution in [3.05, 3.63) is 15.6 Å². The minimum atomic E-state index is -1.32. The summed E-state index contributed by atoms with van der Waals surface area (Å²) in [7, 11) is 0. The van der Waals surface area contributed by atoms with Gasteiger partial charge >= 0.3 is 5.97 Å². The second-order valence-electron chi connectivity index (χ2n) is 2.80. The van der Waals surface area contributed by atoms with Crippen molar-refractivity contribution in [3.63, 3.8) is 0 Å². The molecule has 0 aliphatic heterocycles. The number of carbonyl (C=O) groups is 1. The summed E-state index contributed by atoms with van der Waals surface area (Å²) in [4.78, 5) is 15.3. The predicted octanol–water partition coefficient (Wildman–Crippen LogP) is 0.748. The molecule has 0 saturated heterocycles. The number of aliphatic hydroxyl groups is 1. The molecule has 72 valence electrons. The van der Waals surface area contributed by atoms with E-state index >= 15 is 0 Å². The molecule has 0 amide bonds. The van der Waals surface area contributed by atoms with E-state index < -0.39 is 12.1 Å². The van der Waals surface area contributed by atoms with Crippen molar-refractivity contribution < 1.29 is 15.0 Å². The van der Waals surface area contributed by atoms with Gasteiger partial charge in [0.2, 0.25) is 0 Å². The standard InChI is InChI=1S/C8H11NO3S/c1-4-7(13-5(2)9-4)3-6(10)8(11)12/h6,10H,3H2,1-2H3,(H,11,12). The van der Waals surface area contributed by atoms with E-state index in [9.17, 15) is 4.79 Å². The summed E-state index contributed by atoms with van der Waals surface area (Å²) in [6.45, 7) is 3.67. The van der Waals surface area contributed by atoms with Gasteiger partial charge in [-0.25, -0.2) is 9.78 Å². The van der Waals surface area contributed by atoms with Crippen LogP contribution in [0.3, 0.4) is 0 Å². The van der Waals surface area contributed by atoms with Crippen molar-refractivity contribution in [1.82, 2.24) is 4.98 Å². The van der Waals surface area contributed by atoms with Crippen LogP contribution < -0.4 is 0 Å². The molecule has 0 bridgehead atoms. The Morgan fingerprint density at radius 2 is 2.23 bits per heavy atom. The molecule has 13 heavy (non-hydrogen) atoms. The van der Waals surface area contributed by atoms with Gasteiger partial charge in [-0.3, -0.25) is 0 Å². The maximum atomic E-state index is 10.4. The molecule has 1 unspecified atom stereocenters. The second-order valence-corrected chi connectivity index (χ2v) is 4.09. The molecule has 2 N–H and O–H groups in total. The van der Waals surface area contributed by atoms with Gasteiger partial charge in [0.15, 0.2) is 6.10 Å². The maximum Gasteiger partial charge on any atom is 0.332 e. The van der Waals surface area contributed by atoms with Gasteiger partial charge in [-0.05, 0) is 13.8 Å². The van der Waals surface area contributed by atoms with Crippen molar-refractivity contribution in [3.8, 4) is 0 Å². The third-order valence-corrected chi connectivity index (χ3v) is 2.76. The average Bonchev–Trinajstić information content (AvgIpc) is 2.30. The number of aromatic nitrogens is 1. The van der Waals surface area contributed by atoms with Gasteiger partial charge in [0, 0.05) is 11.3 Å². The van der Waals surface area contributed by atoms with Gasteiger partial charge in [0.05, 0.1) is 10.7 Å². The van der Waals surface area contributed by atoms with Crippen LogP contribution in [0.5, 0.6) is 0 Å². The summed E-state index contributed by atoms with van der Waals surface area (Å²) in [6.07, 6.45) is -1.18. The van der Waals surface area contributed by atoms with Crippen molar-refractivity contribution in [1.29, 1.82) is 0 Å². The van der Waals surface area contributed by atoms with Crippen molar-refractivity contribution in [2.45, 2.75) is 26.4 Å². The average molecular weight is 201 g/mol. The summed E-state index contributed by atoms with van der Waals surface area (Å²) < 4.78 is 0. The minimum Gasteiger partial charge on any atom is -0.479 e. The lowest BCUT2D eigenvalue weighted by Gasteiger charge is -2.02. The highest BCUT2D eigenvalue weighted by Crippen LogP contribution is 2.18. The molecule has 0 spiro atoms. The highest BCUT2D eigenvalue weighted by atomic mass is 32.1. The Kier molecular flexibility index (Phi) is 3.00. The van der Waals surface area contributed by atoms with E-state index in [1.165, 1.54) is 11.3 Å². The van der Waals surface area contributed by atoms with Crippen LogP contribution in [-0.4, -0.2) is 27.3 Å². The number of aryl methyl sites for hydroxylation is 2. The van der Waals surface area contributed by atoms with Crippen LogP contribution in [0.1, 0.15) is 15.6 Å². The van der Waals surface area contributed by atoms with Crippen LogP contribution in [-0.2, 0) is 11.2 Å². The number of aliphatic carboxylic acids is 1. The quantitative estimate of drug-likeness (QED) is 0.757. The van der Waals surface area contributed by atoms with Gasteiger partial charge in [0.25, 0.3) is 0 Å². The van der Waals surface area contributed by atoms with Crippen molar-refractivity contribution in [2.75, 3.05) is 0 Å². The number of nitrogens with zero attached hydrogens (tertiary/aromatic N) is 1. The summed E-state index contributed by atoms with van der Waals surface area (Å²) in [5.74, 6) is -1.19. The zero-order valence-corrected chi connectivity index (χ0v) is 8.26. The van der Waals surface area contributed by atoms with Crippen LogP contribution >= 0.6 is 11.3 Å². The lowest BCUT2D eigenvalue weighted by atomic mass is 10.2. The molecule has 4 nitrogen and oxygen atoms in total. The van der Waals surface area contributed by atoms with Crippen LogP contribution in [0.25, 0.3) is 0 Å². The Bertz CT molecular complexity index is 321. The van der Waals surface area contributed by atoms with Crippen LogP contribution in [0.2, 0.25) is 0 Å². The van der Waals surface area contributed by atoms with E-state index in [-0.39, 0.29) is 6.42 Å². The minimum absolute atomic E-state index is 0.146. The SMILES string of the molecule is Cc1nc(C)c(CC(O)C(=O)O)s1. The monoisotopic (exact) mass is 201 g/mol. The molecule has 1 heterocycles. The van der Waals surface area contributed by atoms with Crippen molar-refractivity contribution in [2.24, 2.45) is 0 Å². The first kappa shape index (κ1) is 10.1. The first-order valence-electron chi connectivity index (χ1n) is 3.84. The fourth-order valence-corrected chi connectivity index (χ4v) is 2.00. The van der Waals surface area contributed by atoms with Gasteiger partial charge in [0.1, 0.15) is 0 Å². The number of aliphatic hydroxyl groups excluding tert-OH is 1. The number of thiazole rings is 1. The van der Waals surface area contributed by atoms with Crippen LogP contribution in [0.15, 0.2) is 0 Å². The summed E-state index contributed by atoms with van der Waals surface area (Å²) in [5.41, 5.74) is 0.808. The molecule has 1 aromatic rings. The fraction of sp³-hybridized carbons (Fsp3) is 0.500. The predicted molar refractivity (Wildman–Crippen MR) is 48.9 cm³/mol. The van der Waals surface area contributed by atoms with Crippen LogP contribution in [0, 0.1) is 13.8 Å². The Hall–Kier alpha value is -0.940. The fourth-order valence-electron chi connectivity index (χ4n) is 1.03. The third-order valence-electron chi connectivity index (χ3n) is 1.66. The third kappa shape index (κ3) is 2.50. The van der Waals surface area contributed by atoms with E-state index in [0.29, 0.717) is 0 Å². The van der Waals surface area contributed by atoms with E-state index in [1.807, 2.05) is 13.8 Å². The lowest BCUT2D eigenvalue weighted by molar-refractivity contribution is -0.146. The van der Waals surface area contributed by atoms with Gasteiger partial charge in [-0.1, -0.05) is 0 Å². The van der Waals surface area contributed by atoms with E-state index in [0.717, 1.165) is 15.6 Å². The number of carboxylic acid groups (broad SMARTS) is 1. The van der Waals surface area contributed by atoms with E-state index in [1.54, 1.807) is 0 Å². The highest BCUT2D eigenvalue weighted by Gasteiger charge is 2.16. The molecule has 0 saturated carbocycles. The molecule has 1 atom stereocenters. The highest BCUT2D eigenvalue weighted by molar-refractivity contribution is 7.11. The number of hydrogen-bond acceptors (Lipinski definition) is 4. The number of rotatable bonds is 3. The molecule has 5 heteroatoms. The topological polar surface area (TPSA) is 70.4 Å². The van der Waals surface area contributed by atoms with Crippen molar-refractivity contribution >= 4 is 17.3 Å². The molecular weight excluding hydrogens is 190 g/mol. The Labute approximate surface area is 79.9 Å². The van der Waals surface area contributed by atoms with Crippen LogP contribution in [0.4, 0.5) is 0 Å². The van der Waals surface area contributed by atoms with Gasteiger partial charge < -0.3 is 10.2 Å². The molecular formula is C8H11NO3S. The first-order chi connectivity index (χ1) is 6.00. The molecule has 1 aromatic heterocycles. The maximum absolute atomic E-state index is 10.4. The number of carboxylic acids is 1. The summed E-state index contributed by atoms with van der Waals surface area (Å²) >= 11 is 1.43. The number of hydrogen-bond donors (Lipinski definition) is 2. The lowest BCUT2D eigenvalue weighted by Crippen LogP contribution is -2.21. The van der Waals surface area contributed by atoms with E-state index in [2.05, 4.69) is 4.98 Å². The second kappa shape index (κ2) is 3.85. The zero-order chi connectivity index (χ0) is 10.0. The Balaban J connectivity index is 2.74. The Morgan fingerprint density at radius 3 is 2.62 bits per heavy atom. The molecule has 0 aromatic carbocycles. The van der Waals surface area contributed by atoms with Gasteiger partial charge in [-0.2, -0.15) is 0 Å². The first-order valence-corrected chi connectivity index (χ1v) is 4.66. The molecule has 1 rings (SSSR count). The smallest absolute Gasteiger partial charge is 0.332 e. The zero-order valence-electron chi connectivity index (χ0n) is 7.44. The molecule has 0 fully saturated rings. The largest absolute Gasteiger partial charge is 0.479 e. The Morgan fingerprint density at radius 1 is 1.62 bits per heavy atom. The normalized spacial score (nSPS) is 12.8. The van der Waals surface area contributed by atoms with E-state index in [4.69, 9.17) is 10.2 Å². The molecule has 0 aliphatic rings. The molecule has 0 radical (unpaired) electrons. The molecule has 0 aliphatic carbocycles.